The van der Waals surface area contributed by atoms with Gasteiger partial charge in [-0.3, -0.25) is 14.9 Å². The predicted molar refractivity (Wildman–Crippen MR) is 91.3 cm³/mol. The van der Waals surface area contributed by atoms with E-state index in [1.165, 1.54) is 18.2 Å². The number of nitro groups is 1. The molecular formula is C15H11ClF3N3O3S. The van der Waals surface area contributed by atoms with Crippen molar-refractivity contribution in [2.24, 2.45) is 0 Å². The second-order valence-electron chi connectivity index (χ2n) is 5.05. The molecule has 0 spiro atoms. The van der Waals surface area contributed by atoms with Crippen molar-refractivity contribution in [1.29, 1.82) is 0 Å². The van der Waals surface area contributed by atoms with Crippen molar-refractivity contribution in [3.8, 4) is 0 Å². The van der Waals surface area contributed by atoms with Crippen LogP contribution in [0.15, 0.2) is 41.6 Å². The molecule has 2 aromatic rings. The summed E-state index contributed by atoms with van der Waals surface area (Å²) in [5, 5.41) is 12.7. The monoisotopic (exact) mass is 405 g/mol. The standard InChI is InChI=1S/C15H11ClF3N3O3S/c1-8(26-13-5-2-9(7-20-13)15(17,18)19)14(23)21-12-4-3-10(22(24)25)6-11(12)16/h2-8H,1H3,(H,21,23). The number of carbonyl (C=O) groups is 1. The maximum atomic E-state index is 12.5. The Bertz CT molecular complexity index is 831. The number of carbonyl (C=O) groups excluding carboxylic acids is 1. The molecule has 0 aliphatic rings. The zero-order valence-corrected chi connectivity index (χ0v) is 14.7. The Morgan fingerprint density at radius 3 is 2.54 bits per heavy atom. The summed E-state index contributed by atoms with van der Waals surface area (Å²) in [5.41, 5.74) is -0.906. The molecule has 0 saturated heterocycles. The van der Waals surface area contributed by atoms with Crippen molar-refractivity contribution in [2.75, 3.05) is 5.32 Å². The Kier molecular flexibility index (Phi) is 6.09. The minimum Gasteiger partial charge on any atom is -0.324 e. The van der Waals surface area contributed by atoms with Crippen LogP contribution in [0.1, 0.15) is 12.5 Å². The van der Waals surface area contributed by atoms with Crippen LogP contribution < -0.4 is 5.32 Å². The highest BCUT2D eigenvalue weighted by atomic mass is 35.5. The molecule has 0 radical (unpaired) electrons. The molecule has 0 fully saturated rings. The fourth-order valence-electron chi connectivity index (χ4n) is 1.81. The summed E-state index contributed by atoms with van der Waals surface area (Å²) in [5.74, 6) is -0.479. The Labute approximate surface area is 154 Å². The van der Waals surface area contributed by atoms with Crippen LogP contribution in [0.3, 0.4) is 0 Å². The zero-order chi connectivity index (χ0) is 19.5. The van der Waals surface area contributed by atoms with E-state index in [2.05, 4.69) is 10.3 Å². The molecule has 138 valence electrons. The number of alkyl halides is 3. The minimum atomic E-state index is -4.48. The number of nitro benzene ring substituents is 1. The third-order valence-corrected chi connectivity index (χ3v) is 4.52. The molecule has 1 heterocycles. The molecule has 1 unspecified atom stereocenters. The average molecular weight is 406 g/mol. The number of nitrogens with one attached hydrogen (secondary N) is 1. The van der Waals surface area contributed by atoms with E-state index in [1.807, 2.05) is 0 Å². The van der Waals surface area contributed by atoms with E-state index in [0.717, 1.165) is 23.9 Å². The fourth-order valence-corrected chi connectivity index (χ4v) is 2.82. The summed E-state index contributed by atoms with van der Waals surface area (Å²) in [7, 11) is 0. The van der Waals surface area contributed by atoms with Gasteiger partial charge in [-0.05, 0) is 25.1 Å². The van der Waals surface area contributed by atoms with E-state index < -0.39 is 27.8 Å². The first-order valence-corrected chi connectivity index (χ1v) is 8.28. The van der Waals surface area contributed by atoms with Gasteiger partial charge in [-0.15, -0.1) is 0 Å². The third-order valence-electron chi connectivity index (χ3n) is 3.15. The number of aromatic nitrogens is 1. The van der Waals surface area contributed by atoms with E-state index >= 15 is 0 Å². The van der Waals surface area contributed by atoms with Crippen molar-refractivity contribution in [2.45, 2.75) is 23.4 Å². The molecule has 0 bridgehead atoms. The number of amides is 1. The van der Waals surface area contributed by atoms with Gasteiger partial charge in [0.1, 0.15) is 0 Å². The number of thioether (sulfide) groups is 1. The number of benzene rings is 1. The Hall–Kier alpha value is -2.33. The molecule has 0 aliphatic carbocycles. The molecule has 0 aliphatic heterocycles. The molecule has 1 atom stereocenters. The van der Waals surface area contributed by atoms with Gasteiger partial charge < -0.3 is 5.32 Å². The van der Waals surface area contributed by atoms with Gasteiger partial charge in [0.15, 0.2) is 0 Å². The van der Waals surface area contributed by atoms with Gasteiger partial charge in [-0.25, -0.2) is 4.98 Å². The Balaban J connectivity index is 2.02. The Morgan fingerprint density at radius 2 is 2.04 bits per heavy atom. The van der Waals surface area contributed by atoms with E-state index in [4.69, 9.17) is 11.6 Å². The fraction of sp³-hybridized carbons (Fsp3) is 0.200. The number of hydrogen-bond donors (Lipinski definition) is 1. The highest BCUT2D eigenvalue weighted by molar-refractivity contribution is 8.00. The molecule has 1 aromatic carbocycles. The molecule has 11 heteroatoms. The van der Waals surface area contributed by atoms with E-state index in [0.29, 0.717) is 6.20 Å². The van der Waals surface area contributed by atoms with E-state index in [1.54, 1.807) is 6.92 Å². The molecular weight excluding hydrogens is 395 g/mol. The summed E-state index contributed by atoms with van der Waals surface area (Å²) in [6.07, 6.45) is -3.79. The van der Waals surface area contributed by atoms with Gasteiger partial charge >= 0.3 is 6.18 Å². The average Bonchev–Trinajstić information content (AvgIpc) is 2.56. The topological polar surface area (TPSA) is 85.1 Å². The van der Waals surface area contributed by atoms with Gasteiger partial charge in [0.05, 0.1) is 31.5 Å². The SMILES string of the molecule is CC(Sc1ccc(C(F)(F)F)cn1)C(=O)Nc1ccc([N+](=O)[O-])cc1Cl. The number of halogens is 4. The van der Waals surface area contributed by atoms with Crippen LogP contribution in [0.4, 0.5) is 24.5 Å². The quantitative estimate of drug-likeness (QED) is 0.439. The zero-order valence-electron chi connectivity index (χ0n) is 13.1. The lowest BCUT2D eigenvalue weighted by Gasteiger charge is -2.13. The maximum Gasteiger partial charge on any atom is 0.417 e. The summed E-state index contributed by atoms with van der Waals surface area (Å²) < 4.78 is 37.5. The number of rotatable bonds is 5. The number of hydrogen-bond acceptors (Lipinski definition) is 5. The van der Waals surface area contributed by atoms with Gasteiger partial charge in [0, 0.05) is 18.3 Å². The van der Waals surface area contributed by atoms with Crippen LogP contribution in [0.2, 0.25) is 5.02 Å². The maximum absolute atomic E-state index is 12.5. The van der Waals surface area contributed by atoms with Crippen molar-refractivity contribution in [1.82, 2.24) is 4.98 Å². The van der Waals surface area contributed by atoms with E-state index in [9.17, 15) is 28.1 Å². The highest BCUT2D eigenvalue weighted by Gasteiger charge is 2.30. The van der Waals surface area contributed by atoms with Crippen LogP contribution in [-0.4, -0.2) is 21.1 Å². The summed E-state index contributed by atoms with van der Waals surface area (Å²) in [6, 6.07) is 5.65. The Morgan fingerprint density at radius 1 is 1.35 bits per heavy atom. The van der Waals surface area contributed by atoms with Crippen LogP contribution in [-0.2, 0) is 11.0 Å². The molecule has 1 N–H and O–H groups in total. The summed E-state index contributed by atoms with van der Waals surface area (Å²) >= 11 is 6.86. The number of non-ortho nitro benzene ring substituents is 1. The first-order chi connectivity index (χ1) is 12.1. The summed E-state index contributed by atoms with van der Waals surface area (Å²) in [6.45, 7) is 1.54. The molecule has 0 saturated carbocycles. The molecule has 2 rings (SSSR count). The van der Waals surface area contributed by atoms with Gasteiger partial charge in [-0.1, -0.05) is 23.4 Å². The molecule has 6 nitrogen and oxygen atoms in total. The van der Waals surface area contributed by atoms with Crippen molar-refractivity contribution in [3.05, 3.63) is 57.2 Å². The van der Waals surface area contributed by atoms with Crippen molar-refractivity contribution >= 4 is 40.6 Å². The lowest BCUT2D eigenvalue weighted by atomic mass is 10.2. The van der Waals surface area contributed by atoms with Gasteiger partial charge in [-0.2, -0.15) is 13.2 Å². The van der Waals surface area contributed by atoms with Crippen LogP contribution in [0.25, 0.3) is 0 Å². The number of pyridine rings is 1. The molecule has 1 amide bonds. The summed E-state index contributed by atoms with van der Waals surface area (Å²) in [4.78, 5) is 25.9. The lowest BCUT2D eigenvalue weighted by Crippen LogP contribution is -2.22. The van der Waals surface area contributed by atoms with Crippen LogP contribution in [0.5, 0.6) is 0 Å². The third kappa shape index (κ3) is 5.09. The van der Waals surface area contributed by atoms with Crippen LogP contribution >= 0.6 is 23.4 Å². The highest BCUT2D eigenvalue weighted by Crippen LogP contribution is 2.31. The number of anilines is 1. The van der Waals surface area contributed by atoms with Gasteiger partial charge in [0.25, 0.3) is 5.69 Å². The smallest absolute Gasteiger partial charge is 0.324 e. The second-order valence-corrected chi connectivity index (χ2v) is 6.82. The normalized spacial score (nSPS) is 12.5. The largest absolute Gasteiger partial charge is 0.417 e. The molecule has 26 heavy (non-hydrogen) atoms. The molecule has 1 aromatic heterocycles. The number of nitrogens with zero attached hydrogens (tertiary/aromatic N) is 2. The first-order valence-electron chi connectivity index (χ1n) is 7.02. The lowest BCUT2D eigenvalue weighted by molar-refractivity contribution is -0.384. The predicted octanol–water partition coefficient (Wildman–Crippen LogP) is 4.78. The minimum absolute atomic E-state index is 0.00240. The second kappa shape index (κ2) is 7.92. The van der Waals surface area contributed by atoms with Gasteiger partial charge in [0.2, 0.25) is 5.91 Å². The van der Waals surface area contributed by atoms with Crippen LogP contribution in [0, 0.1) is 10.1 Å². The van der Waals surface area contributed by atoms with Crippen molar-refractivity contribution in [3.63, 3.8) is 0 Å². The van der Waals surface area contributed by atoms with E-state index in [-0.39, 0.29) is 21.4 Å². The first kappa shape index (κ1) is 20.0. The van der Waals surface area contributed by atoms with Crippen molar-refractivity contribution < 1.29 is 22.9 Å².